The first kappa shape index (κ1) is 12.9. The number of benzene rings is 1. The van der Waals surface area contributed by atoms with Crippen LogP contribution in [0.1, 0.15) is 5.56 Å². The Balaban J connectivity index is 0.00000144. The van der Waals surface area contributed by atoms with E-state index in [1.807, 2.05) is 6.07 Å². The second kappa shape index (κ2) is 5.57. The molecule has 0 atom stereocenters. The summed E-state index contributed by atoms with van der Waals surface area (Å²) in [5, 5.41) is 0.752. The van der Waals surface area contributed by atoms with Crippen LogP contribution in [0.25, 0.3) is 6.08 Å². The molecule has 1 rings (SSSR count). The summed E-state index contributed by atoms with van der Waals surface area (Å²) in [7, 11) is -4.00. The van der Waals surface area contributed by atoms with Crippen LogP contribution in [-0.2, 0) is 10.1 Å². The maximum absolute atomic E-state index is 10.3. The number of hydrogen-bond donors (Lipinski definition) is 1. The van der Waals surface area contributed by atoms with E-state index in [1.54, 1.807) is 24.3 Å². The van der Waals surface area contributed by atoms with Crippen LogP contribution in [0.15, 0.2) is 35.7 Å². The molecule has 0 amide bonds. The summed E-state index contributed by atoms with van der Waals surface area (Å²) in [5.74, 6) is 0. The molecule has 0 saturated heterocycles. The van der Waals surface area contributed by atoms with Gasteiger partial charge in [-0.25, -0.2) is 0 Å². The van der Waals surface area contributed by atoms with Crippen LogP contribution in [0.5, 0.6) is 0 Å². The SMILES string of the molecule is O=S(=O)(O)/C=C/c1ccccc1.[Na]. The van der Waals surface area contributed by atoms with Crippen molar-refractivity contribution in [1.82, 2.24) is 0 Å². The molecule has 0 aliphatic carbocycles. The third-order valence-corrected chi connectivity index (χ3v) is 1.71. The Morgan fingerprint density at radius 3 is 2.15 bits per heavy atom. The zero-order chi connectivity index (χ0) is 9.03. The molecule has 0 bridgehead atoms. The van der Waals surface area contributed by atoms with E-state index < -0.39 is 10.1 Å². The quantitative estimate of drug-likeness (QED) is 0.585. The van der Waals surface area contributed by atoms with E-state index in [2.05, 4.69) is 0 Å². The van der Waals surface area contributed by atoms with Crippen LogP contribution in [0, 0.1) is 0 Å². The second-order valence-electron chi connectivity index (χ2n) is 2.23. The zero-order valence-corrected chi connectivity index (χ0v) is 10.0. The average molecular weight is 207 g/mol. The Bertz CT molecular complexity index is 370. The molecule has 0 aromatic heterocycles. The van der Waals surface area contributed by atoms with Crippen molar-refractivity contribution >= 4 is 45.8 Å². The van der Waals surface area contributed by atoms with E-state index in [-0.39, 0.29) is 29.6 Å². The maximum atomic E-state index is 10.3. The third kappa shape index (κ3) is 6.01. The van der Waals surface area contributed by atoms with E-state index in [9.17, 15) is 8.42 Å². The minimum absolute atomic E-state index is 0. The summed E-state index contributed by atoms with van der Waals surface area (Å²) in [5.41, 5.74) is 0.732. The number of rotatable bonds is 2. The van der Waals surface area contributed by atoms with Gasteiger partial charge in [-0.15, -0.1) is 0 Å². The molecule has 0 unspecified atom stereocenters. The molecule has 0 spiro atoms. The predicted octanol–water partition coefficient (Wildman–Crippen LogP) is 1.16. The molecule has 5 heteroatoms. The summed E-state index contributed by atoms with van der Waals surface area (Å²) in [6, 6.07) is 8.86. The van der Waals surface area contributed by atoms with Crippen LogP contribution in [0.3, 0.4) is 0 Å². The normalized spacial score (nSPS) is 11.2. The van der Waals surface area contributed by atoms with E-state index in [1.165, 1.54) is 6.08 Å². The monoisotopic (exact) mass is 207 g/mol. The van der Waals surface area contributed by atoms with Crippen molar-refractivity contribution in [2.75, 3.05) is 0 Å². The Labute approximate surface area is 99.5 Å². The minimum Gasteiger partial charge on any atom is -0.282 e. The van der Waals surface area contributed by atoms with Crippen LogP contribution in [-0.4, -0.2) is 42.5 Å². The molecular formula is C8H8NaO3S. The van der Waals surface area contributed by atoms with Crippen LogP contribution in [0.2, 0.25) is 0 Å². The first-order valence-electron chi connectivity index (χ1n) is 3.28. The largest absolute Gasteiger partial charge is 0.287 e. The zero-order valence-electron chi connectivity index (χ0n) is 7.21. The van der Waals surface area contributed by atoms with Gasteiger partial charge in [-0.05, 0) is 11.6 Å². The summed E-state index contributed by atoms with van der Waals surface area (Å²) >= 11 is 0. The fraction of sp³-hybridized carbons (Fsp3) is 0. The average Bonchev–Trinajstić information content (AvgIpc) is 2.02. The van der Waals surface area contributed by atoms with Crippen LogP contribution in [0.4, 0.5) is 0 Å². The predicted molar refractivity (Wildman–Crippen MR) is 52.8 cm³/mol. The molecule has 13 heavy (non-hydrogen) atoms. The topological polar surface area (TPSA) is 54.4 Å². The molecule has 0 heterocycles. The summed E-state index contributed by atoms with van der Waals surface area (Å²) in [6.07, 6.45) is 1.33. The van der Waals surface area contributed by atoms with E-state index in [0.29, 0.717) is 0 Å². The van der Waals surface area contributed by atoms with Crippen molar-refractivity contribution in [3.8, 4) is 0 Å². The Kier molecular flexibility index (Phi) is 5.51. The van der Waals surface area contributed by atoms with Gasteiger partial charge in [-0.2, -0.15) is 8.42 Å². The summed E-state index contributed by atoms with van der Waals surface area (Å²) < 4.78 is 28.9. The Morgan fingerprint density at radius 2 is 1.69 bits per heavy atom. The van der Waals surface area contributed by atoms with Gasteiger partial charge < -0.3 is 0 Å². The van der Waals surface area contributed by atoms with Crippen molar-refractivity contribution in [1.29, 1.82) is 0 Å². The van der Waals surface area contributed by atoms with Crippen molar-refractivity contribution in [3.63, 3.8) is 0 Å². The fourth-order valence-electron chi connectivity index (χ4n) is 0.729. The summed E-state index contributed by atoms with van der Waals surface area (Å²) in [6.45, 7) is 0. The first-order valence-corrected chi connectivity index (χ1v) is 4.79. The van der Waals surface area contributed by atoms with Crippen molar-refractivity contribution in [2.24, 2.45) is 0 Å². The van der Waals surface area contributed by atoms with Gasteiger partial charge in [0.1, 0.15) is 0 Å². The van der Waals surface area contributed by atoms with Gasteiger partial charge in [0.25, 0.3) is 10.1 Å². The molecule has 3 nitrogen and oxygen atoms in total. The molecular weight excluding hydrogens is 199 g/mol. The second-order valence-corrected chi connectivity index (χ2v) is 3.53. The van der Waals surface area contributed by atoms with Crippen molar-refractivity contribution in [3.05, 3.63) is 41.3 Å². The van der Waals surface area contributed by atoms with Gasteiger partial charge in [0.05, 0.1) is 5.41 Å². The smallest absolute Gasteiger partial charge is 0.282 e. The third-order valence-electron chi connectivity index (χ3n) is 1.23. The van der Waals surface area contributed by atoms with Crippen molar-refractivity contribution in [2.45, 2.75) is 0 Å². The number of hydrogen-bond acceptors (Lipinski definition) is 2. The van der Waals surface area contributed by atoms with Gasteiger partial charge in [-0.3, -0.25) is 4.55 Å². The first-order chi connectivity index (χ1) is 5.58. The van der Waals surface area contributed by atoms with Crippen LogP contribution >= 0.6 is 0 Å². The van der Waals surface area contributed by atoms with E-state index >= 15 is 0 Å². The van der Waals surface area contributed by atoms with Crippen LogP contribution < -0.4 is 0 Å². The van der Waals surface area contributed by atoms with Gasteiger partial charge in [0, 0.05) is 29.6 Å². The van der Waals surface area contributed by atoms with Gasteiger partial charge >= 0.3 is 0 Å². The molecule has 0 saturated carbocycles. The molecule has 1 aromatic rings. The van der Waals surface area contributed by atoms with Crippen molar-refractivity contribution < 1.29 is 13.0 Å². The molecule has 0 aliphatic rings. The Morgan fingerprint density at radius 1 is 1.15 bits per heavy atom. The van der Waals surface area contributed by atoms with Gasteiger partial charge in [-0.1, -0.05) is 30.3 Å². The van der Waals surface area contributed by atoms with E-state index in [4.69, 9.17) is 4.55 Å². The molecule has 0 aliphatic heterocycles. The molecule has 0 fully saturated rings. The summed E-state index contributed by atoms with van der Waals surface area (Å²) in [4.78, 5) is 0. The maximum Gasteiger partial charge on any atom is 0.287 e. The van der Waals surface area contributed by atoms with E-state index in [0.717, 1.165) is 11.0 Å². The fourth-order valence-corrected chi connectivity index (χ4v) is 1.06. The standard InChI is InChI=1S/C8H8O3S.Na/c9-12(10,11)7-6-8-4-2-1-3-5-8;/h1-7H,(H,9,10,11);/b7-6+;. The molecule has 1 N–H and O–H groups in total. The Hall–Kier alpha value is -0.130. The molecule has 1 aromatic carbocycles. The van der Waals surface area contributed by atoms with Gasteiger partial charge in [0.2, 0.25) is 0 Å². The van der Waals surface area contributed by atoms with Gasteiger partial charge in [0.15, 0.2) is 0 Å². The molecule has 65 valence electrons. The minimum atomic E-state index is -4.00. The molecule has 1 radical (unpaired) electrons.